The van der Waals surface area contributed by atoms with Crippen LogP contribution in [0.15, 0.2) is 0 Å². The second kappa shape index (κ2) is 7.33. The molecular weight excluding hydrogens is 232 g/mol. The predicted molar refractivity (Wildman–Crippen MR) is 70.3 cm³/mol. The molecule has 0 spiro atoms. The summed E-state index contributed by atoms with van der Waals surface area (Å²) in [5.74, 6) is 0.121. The number of likely N-dealkylation sites (N-methyl/N-ethyl adjacent to an activating group) is 2. The number of nitrogens with zero attached hydrogens (tertiary/aromatic N) is 3. The smallest absolute Gasteiger partial charge is 0.236 e. The summed E-state index contributed by atoms with van der Waals surface area (Å²) in [5.41, 5.74) is 0. The van der Waals surface area contributed by atoms with E-state index in [1.807, 2.05) is 4.90 Å². The van der Waals surface area contributed by atoms with Crippen LogP contribution in [-0.2, 0) is 9.59 Å². The van der Waals surface area contributed by atoms with Gasteiger partial charge in [0.15, 0.2) is 0 Å². The maximum absolute atomic E-state index is 12.0. The van der Waals surface area contributed by atoms with Crippen LogP contribution in [0.2, 0.25) is 0 Å². The highest BCUT2D eigenvalue weighted by atomic mass is 16.2. The van der Waals surface area contributed by atoms with Gasteiger partial charge in [-0.15, -0.1) is 0 Å². The van der Waals surface area contributed by atoms with Crippen LogP contribution in [0.3, 0.4) is 0 Å². The van der Waals surface area contributed by atoms with Crippen molar-refractivity contribution in [2.75, 3.05) is 60.4 Å². The summed E-state index contributed by atoms with van der Waals surface area (Å²) in [7, 11) is 5.24. The van der Waals surface area contributed by atoms with Crippen molar-refractivity contribution in [2.45, 2.75) is 6.42 Å². The summed E-state index contributed by atoms with van der Waals surface area (Å²) in [5, 5.41) is 3.26. The van der Waals surface area contributed by atoms with Gasteiger partial charge in [0.2, 0.25) is 11.8 Å². The number of carbonyl (C=O) groups excluding carboxylic acids is 2. The van der Waals surface area contributed by atoms with Crippen molar-refractivity contribution in [3.63, 3.8) is 0 Å². The maximum Gasteiger partial charge on any atom is 0.236 e. The minimum Gasteiger partial charge on any atom is -0.348 e. The van der Waals surface area contributed by atoms with Crippen LogP contribution in [-0.4, -0.2) is 86.9 Å². The van der Waals surface area contributed by atoms with E-state index in [-0.39, 0.29) is 18.4 Å². The number of hydrogen-bond acceptors (Lipinski definition) is 4. The van der Waals surface area contributed by atoms with Crippen molar-refractivity contribution in [1.82, 2.24) is 20.0 Å². The van der Waals surface area contributed by atoms with E-state index in [0.717, 1.165) is 32.6 Å². The Balaban J connectivity index is 2.36. The van der Waals surface area contributed by atoms with Crippen LogP contribution in [0, 0.1) is 0 Å². The third kappa shape index (κ3) is 5.01. The summed E-state index contributed by atoms with van der Waals surface area (Å²) >= 11 is 0. The molecule has 2 amide bonds. The summed E-state index contributed by atoms with van der Waals surface area (Å²) in [6, 6.07) is 0. The molecule has 1 rings (SSSR count). The molecule has 0 aromatic rings. The zero-order chi connectivity index (χ0) is 13.5. The summed E-state index contributed by atoms with van der Waals surface area (Å²) in [6.07, 6.45) is 0.992. The first-order valence-corrected chi connectivity index (χ1v) is 6.38. The van der Waals surface area contributed by atoms with E-state index in [0.29, 0.717) is 6.54 Å². The summed E-state index contributed by atoms with van der Waals surface area (Å²) in [4.78, 5) is 28.7. The fraction of sp³-hybridized carbons (Fsp3) is 0.833. The van der Waals surface area contributed by atoms with Crippen molar-refractivity contribution in [3.8, 4) is 0 Å². The quantitative estimate of drug-likeness (QED) is 0.688. The lowest BCUT2D eigenvalue weighted by Gasteiger charge is -2.24. The van der Waals surface area contributed by atoms with Gasteiger partial charge in [0.25, 0.3) is 0 Å². The lowest BCUT2D eigenvalue weighted by Crippen LogP contribution is -2.43. The van der Waals surface area contributed by atoms with Crippen molar-refractivity contribution in [3.05, 3.63) is 0 Å². The Hall–Kier alpha value is -1.14. The monoisotopic (exact) mass is 256 g/mol. The van der Waals surface area contributed by atoms with Crippen LogP contribution in [0.5, 0.6) is 0 Å². The van der Waals surface area contributed by atoms with Gasteiger partial charge in [0.1, 0.15) is 0 Å². The Kier molecular flexibility index (Phi) is 6.07. The molecule has 1 aliphatic heterocycles. The highest BCUT2D eigenvalue weighted by Crippen LogP contribution is 1.98. The maximum atomic E-state index is 12.0. The third-order valence-corrected chi connectivity index (χ3v) is 3.00. The molecule has 0 radical (unpaired) electrons. The highest BCUT2D eigenvalue weighted by Gasteiger charge is 2.18. The molecule has 0 saturated carbocycles. The molecule has 18 heavy (non-hydrogen) atoms. The number of rotatable bonds is 4. The minimum atomic E-state index is 0.0165. The second-order valence-electron chi connectivity index (χ2n) is 4.94. The van der Waals surface area contributed by atoms with Crippen LogP contribution < -0.4 is 5.32 Å². The van der Waals surface area contributed by atoms with Gasteiger partial charge in [0, 0.05) is 33.7 Å². The predicted octanol–water partition coefficient (Wildman–Crippen LogP) is -1.17. The zero-order valence-corrected chi connectivity index (χ0v) is 11.6. The fourth-order valence-electron chi connectivity index (χ4n) is 1.85. The first kappa shape index (κ1) is 14.9. The van der Waals surface area contributed by atoms with E-state index < -0.39 is 0 Å². The van der Waals surface area contributed by atoms with E-state index in [9.17, 15) is 9.59 Å². The first-order chi connectivity index (χ1) is 8.50. The van der Waals surface area contributed by atoms with E-state index in [2.05, 4.69) is 5.32 Å². The number of amides is 2. The number of hydrogen-bond donors (Lipinski definition) is 1. The topological polar surface area (TPSA) is 55.9 Å². The molecule has 1 N–H and O–H groups in total. The normalized spacial score (nSPS) is 16.6. The highest BCUT2D eigenvalue weighted by molar-refractivity contribution is 5.81. The van der Waals surface area contributed by atoms with Crippen LogP contribution in [0.1, 0.15) is 6.42 Å². The molecule has 6 heteroatoms. The van der Waals surface area contributed by atoms with Crippen molar-refractivity contribution < 1.29 is 9.59 Å². The summed E-state index contributed by atoms with van der Waals surface area (Å²) < 4.78 is 0. The average Bonchev–Trinajstić information content (AvgIpc) is 2.56. The van der Waals surface area contributed by atoms with Gasteiger partial charge in [-0.25, -0.2) is 0 Å². The van der Waals surface area contributed by atoms with Crippen LogP contribution in [0.4, 0.5) is 0 Å². The Morgan fingerprint density at radius 2 is 1.83 bits per heavy atom. The molecule has 6 nitrogen and oxygen atoms in total. The van der Waals surface area contributed by atoms with Crippen LogP contribution >= 0.6 is 0 Å². The van der Waals surface area contributed by atoms with Gasteiger partial charge in [-0.2, -0.15) is 0 Å². The molecule has 0 unspecified atom stereocenters. The largest absolute Gasteiger partial charge is 0.348 e. The fourth-order valence-corrected chi connectivity index (χ4v) is 1.85. The SMILES string of the molecule is CN(CC(=O)N(C)C)CC(=O)N1CCCNCC1. The van der Waals surface area contributed by atoms with Crippen molar-refractivity contribution >= 4 is 11.8 Å². The molecule has 1 heterocycles. The van der Waals surface area contributed by atoms with Gasteiger partial charge in [-0.05, 0) is 20.0 Å². The molecule has 104 valence electrons. The Morgan fingerprint density at radius 3 is 2.50 bits per heavy atom. The molecule has 1 aliphatic rings. The zero-order valence-electron chi connectivity index (χ0n) is 11.6. The lowest BCUT2D eigenvalue weighted by atomic mass is 10.3. The van der Waals surface area contributed by atoms with Crippen molar-refractivity contribution in [2.24, 2.45) is 0 Å². The van der Waals surface area contributed by atoms with E-state index in [4.69, 9.17) is 0 Å². The van der Waals surface area contributed by atoms with Gasteiger partial charge < -0.3 is 15.1 Å². The number of nitrogens with one attached hydrogen (secondary N) is 1. The molecular formula is C12H24N4O2. The molecule has 1 fully saturated rings. The summed E-state index contributed by atoms with van der Waals surface area (Å²) in [6.45, 7) is 3.98. The van der Waals surface area contributed by atoms with Gasteiger partial charge in [-0.1, -0.05) is 0 Å². The second-order valence-corrected chi connectivity index (χ2v) is 4.94. The molecule has 0 atom stereocenters. The molecule has 0 aromatic heterocycles. The third-order valence-electron chi connectivity index (χ3n) is 3.00. The Labute approximate surface area is 109 Å². The van der Waals surface area contributed by atoms with Crippen LogP contribution in [0.25, 0.3) is 0 Å². The Morgan fingerprint density at radius 1 is 1.11 bits per heavy atom. The Bertz CT molecular complexity index is 286. The molecule has 1 saturated heterocycles. The molecule has 0 aliphatic carbocycles. The average molecular weight is 256 g/mol. The first-order valence-electron chi connectivity index (χ1n) is 6.38. The van der Waals surface area contributed by atoms with Gasteiger partial charge in [0.05, 0.1) is 13.1 Å². The van der Waals surface area contributed by atoms with Gasteiger partial charge >= 0.3 is 0 Å². The molecule has 0 bridgehead atoms. The van der Waals surface area contributed by atoms with Crippen molar-refractivity contribution in [1.29, 1.82) is 0 Å². The van der Waals surface area contributed by atoms with Gasteiger partial charge in [-0.3, -0.25) is 14.5 Å². The molecule has 0 aromatic carbocycles. The van der Waals surface area contributed by atoms with E-state index in [1.54, 1.807) is 26.0 Å². The standard InChI is InChI=1S/C12H24N4O2/c1-14(2)11(17)9-15(3)10-12(18)16-7-4-5-13-6-8-16/h13H,4-10H2,1-3H3. The lowest BCUT2D eigenvalue weighted by molar-refractivity contribution is -0.134. The van der Waals surface area contributed by atoms with E-state index in [1.165, 1.54) is 4.90 Å². The van der Waals surface area contributed by atoms with E-state index >= 15 is 0 Å². The minimum absolute atomic E-state index is 0.0165. The number of carbonyl (C=O) groups is 2.